The number of hydrogen-bond acceptors (Lipinski definition) is 4. The molecule has 0 spiro atoms. The molecule has 1 rings (SSSR count). The Bertz CT molecular complexity index is 635. The predicted molar refractivity (Wildman–Crippen MR) is 94.4 cm³/mol. The van der Waals surface area contributed by atoms with Gasteiger partial charge in [0.05, 0.1) is 4.90 Å². The smallest absolute Gasteiger partial charge is 0.251 e. The lowest BCUT2D eigenvalue weighted by Gasteiger charge is -2.24. The number of amides is 1. The molecular weight excluding hydrogens is 338 g/mol. The van der Waals surface area contributed by atoms with Crippen LogP contribution in [0.2, 0.25) is 0 Å². The van der Waals surface area contributed by atoms with Crippen LogP contribution in [0.5, 0.6) is 0 Å². The molecule has 0 fully saturated rings. The van der Waals surface area contributed by atoms with Crippen molar-refractivity contribution in [1.82, 2.24) is 10.0 Å². The number of rotatable bonds is 5. The molecular formula is C15H26ClN3O3S. The molecule has 132 valence electrons. The van der Waals surface area contributed by atoms with E-state index in [0.717, 1.165) is 0 Å². The summed E-state index contributed by atoms with van der Waals surface area (Å²) in [6.45, 7) is 9.23. The van der Waals surface area contributed by atoms with E-state index in [1.807, 2.05) is 13.8 Å². The summed E-state index contributed by atoms with van der Waals surface area (Å²) in [7, 11) is -3.60. The van der Waals surface area contributed by atoms with Gasteiger partial charge >= 0.3 is 0 Å². The number of sulfonamides is 1. The van der Waals surface area contributed by atoms with E-state index in [1.54, 1.807) is 20.8 Å². The van der Waals surface area contributed by atoms with E-state index in [1.165, 1.54) is 24.3 Å². The van der Waals surface area contributed by atoms with Crippen molar-refractivity contribution in [3.8, 4) is 0 Å². The number of halogens is 1. The third-order valence-corrected chi connectivity index (χ3v) is 4.60. The minimum absolute atomic E-state index is 0. The third kappa shape index (κ3) is 6.87. The van der Waals surface area contributed by atoms with Crippen molar-refractivity contribution in [1.29, 1.82) is 0 Å². The summed E-state index contributed by atoms with van der Waals surface area (Å²) < 4.78 is 26.9. The Kier molecular flexibility index (Phi) is 7.23. The lowest BCUT2D eigenvalue weighted by Crippen LogP contribution is -2.48. The topological polar surface area (TPSA) is 101 Å². The van der Waals surface area contributed by atoms with Crippen LogP contribution in [0.25, 0.3) is 0 Å². The van der Waals surface area contributed by atoms with E-state index < -0.39 is 21.1 Å². The molecule has 0 aliphatic rings. The molecule has 0 saturated carbocycles. The monoisotopic (exact) mass is 363 g/mol. The first-order valence-corrected chi connectivity index (χ1v) is 8.51. The number of carbonyl (C=O) groups excluding carboxylic acids is 1. The summed E-state index contributed by atoms with van der Waals surface area (Å²) in [5.74, 6) is -0.289. The Morgan fingerprint density at radius 3 is 1.96 bits per heavy atom. The minimum atomic E-state index is -3.60. The van der Waals surface area contributed by atoms with Gasteiger partial charge in [-0.15, -0.1) is 12.4 Å². The van der Waals surface area contributed by atoms with Crippen LogP contribution >= 0.6 is 12.4 Å². The van der Waals surface area contributed by atoms with E-state index >= 15 is 0 Å². The second kappa shape index (κ2) is 7.61. The SMILES string of the molecule is CC(C)(C)NS(=O)(=O)c1ccc(C(=O)NC(C)(C)CN)cc1.Cl. The summed E-state index contributed by atoms with van der Waals surface area (Å²) in [4.78, 5) is 12.2. The molecule has 4 N–H and O–H groups in total. The fourth-order valence-electron chi connectivity index (χ4n) is 1.68. The van der Waals surface area contributed by atoms with Gasteiger partial charge in [0.15, 0.2) is 0 Å². The maximum atomic E-state index is 12.2. The van der Waals surface area contributed by atoms with Gasteiger partial charge in [-0.25, -0.2) is 13.1 Å². The first-order valence-electron chi connectivity index (χ1n) is 7.03. The van der Waals surface area contributed by atoms with Gasteiger partial charge in [0.1, 0.15) is 0 Å². The Morgan fingerprint density at radius 1 is 1.09 bits per heavy atom. The molecule has 0 unspecified atom stereocenters. The average molecular weight is 364 g/mol. The van der Waals surface area contributed by atoms with Crippen LogP contribution in [0.3, 0.4) is 0 Å². The van der Waals surface area contributed by atoms with Crippen LogP contribution < -0.4 is 15.8 Å². The van der Waals surface area contributed by atoms with Crippen LogP contribution in [0, 0.1) is 0 Å². The highest BCUT2D eigenvalue weighted by Gasteiger charge is 2.23. The van der Waals surface area contributed by atoms with Gasteiger partial charge in [0.25, 0.3) is 5.91 Å². The molecule has 0 aliphatic carbocycles. The van der Waals surface area contributed by atoms with E-state index in [0.29, 0.717) is 12.1 Å². The first kappa shape index (κ1) is 21.9. The highest BCUT2D eigenvalue weighted by Crippen LogP contribution is 2.14. The van der Waals surface area contributed by atoms with Gasteiger partial charge in [-0.3, -0.25) is 4.79 Å². The number of nitrogens with two attached hydrogens (primary N) is 1. The van der Waals surface area contributed by atoms with Crippen LogP contribution in [-0.2, 0) is 10.0 Å². The van der Waals surface area contributed by atoms with Crippen molar-refractivity contribution >= 4 is 28.3 Å². The van der Waals surface area contributed by atoms with E-state index in [-0.39, 0.29) is 23.2 Å². The largest absolute Gasteiger partial charge is 0.346 e. The number of benzene rings is 1. The zero-order valence-electron chi connectivity index (χ0n) is 14.1. The van der Waals surface area contributed by atoms with Gasteiger partial charge < -0.3 is 11.1 Å². The number of carbonyl (C=O) groups is 1. The van der Waals surface area contributed by atoms with Crippen molar-refractivity contribution in [2.24, 2.45) is 5.73 Å². The van der Waals surface area contributed by atoms with Gasteiger partial charge in [-0.05, 0) is 58.9 Å². The molecule has 0 heterocycles. The zero-order chi connectivity index (χ0) is 17.2. The lowest BCUT2D eigenvalue weighted by molar-refractivity contribution is 0.0915. The molecule has 0 bridgehead atoms. The van der Waals surface area contributed by atoms with Crippen molar-refractivity contribution in [2.75, 3.05) is 6.54 Å². The molecule has 8 heteroatoms. The quantitative estimate of drug-likeness (QED) is 0.740. The summed E-state index contributed by atoms with van der Waals surface area (Å²) in [6, 6.07) is 5.80. The molecule has 0 aliphatic heterocycles. The third-order valence-electron chi connectivity index (χ3n) is 2.83. The first-order chi connectivity index (χ1) is 9.86. The molecule has 1 amide bonds. The van der Waals surface area contributed by atoms with Crippen molar-refractivity contribution in [3.05, 3.63) is 29.8 Å². The Hall–Kier alpha value is -1.15. The normalized spacial score (nSPS) is 12.4. The molecule has 1 aromatic rings. The molecule has 0 atom stereocenters. The minimum Gasteiger partial charge on any atom is -0.346 e. The van der Waals surface area contributed by atoms with E-state index in [4.69, 9.17) is 5.73 Å². The maximum absolute atomic E-state index is 12.2. The lowest BCUT2D eigenvalue weighted by atomic mass is 10.1. The Balaban J connectivity index is 0.00000484. The van der Waals surface area contributed by atoms with Crippen LogP contribution in [-0.4, -0.2) is 31.9 Å². The fourth-order valence-corrected chi connectivity index (χ4v) is 3.10. The molecule has 0 radical (unpaired) electrons. The highest BCUT2D eigenvalue weighted by molar-refractivity contribution is 7.89. The number of hydrogen-bond donors (Lipinski definition) is 3. The van der Waals surface area contributed by atoms with Gasteiger partial charge in [-0.1, -0.05) is 0 Å². The molecule has 23 heavy (non-hydrogen) atoms. The van der Waals surface area contributed by atoms with Gasteiger partial charge in [0.2, 0.25) is 10.0 Å². The second-order valence-corrected chi connectivity index (χ2v) is 8.60. The zero-order valence-corrected chi connectivity index (χ0v) is 15.8. The Morgan fingerprint density at radius 2 is 1.57 bits per heavy atom. The molecule has 0 aromatic heterocycles. The number of nitrogens with one attached hydrogen (secondary N) is 2. The van der Waals surface area contributed by atoms with Crippen LogP contribution in [0.15, 0.2) is 29.2 Å². The summed E-state index contributed by atoms with van der Waals surface area (Å²) >= 11 is 0. The average Bonchev–Trinajstić information content (AvgIpc) is 2.35. The summed E-state index contributed by atoms with van der Waals surface area (Å²) in [5.41, 5.74) is 4.87. The van der Waals surface area contributed by atoms with Gasteiger partial charge in [0, 0.05) is 23.2 Å². The molecule has 0 saturated heterocycles. The second-order valence-electron chi connectivity index (χ2n) is 6.92. The highest BCUT2D eigenvalue weighted by atomic mass is 35.5. The van der Waals surface area contributed by atoms with Crippen molar-refractivity contribution in [3.63, 3.8) is 0 Å². The fraction of sp³-hybridized carbons (Fsp3) is 0.533. The maximum Gasteiger partial charge on any atom is 0.251 e. The predicted octanol–water partition coefficient (Wildman–Crippen LogP) is 1.65. The Labute approximate surface area is 144 Å². The van der Waals surface area contributed by atoms with Crippen molar-refractivity contribution in [2.45, 2.75) is 50.6 Å². The van der Waals surface area contributed by atoms with E-state index in [9.17, 15) is 13.2 Å². The standard InChI is InChI=1S/C15H25N3O3S.ClH/c1-14(2,3)18-22(20,21)12-8-6-11(7-9-12)13(19)17-15(4,5)10-16;/h6-9,18H,10,16H2,1-5H3,(H,17,19);1H. The van der Waals surface area contributed by atoms with Gasteiger partial charge in [-0.2, -0.15) is 0 Å². The summed E-state index contributed by atoms with van der Waals surface area (Å²) in [5, 5.41) is 2.79. The van der Waals surface area contributed by atoms with Crippen LogP contribution in [0.1, 0.15) is 45.0 Å². The molecule has 6 nitrogen and oxygen atoms in total. The van der Waals surface area contributed by atoms with Crippen molar-refractivity contribution < 1.29 is 13.2 Å². The van der Waals surface area contributed by atoms with Crippen LogP contribution in [0.4, 0.5) is 0 Å². The molecule has 1 aromatic carbocycles. The summed E-state index contributed by atoms with van der Waals surface area (Å²) in [6.07, 6.45) is 0. The van der Waals surface area contributed by atoms with E-state index in [2.05, 4.69) is 10.0 Å².